The number of nitrogens with two attached hydrogens (primary N) is 1. The fraction of sp³-hybridized carbons (Fsp3) is 0.500. The van der Waals surface area contributed by atoms with Crippen LogP contribution < -0.4 is 21.3 Å². The molecule has 14 heteroatoms. The minimum Gasteiger partial charge on any atom is -0.456 e. The van der Waals surface area contributed by atoms with Gasteiger partial charge in [-0.2, -0.15) is 0 Å². The predicted octanol–water partition coefficient (Wildman–Crippen LogP) is 2.54. The lowest BCUT2D eigenvalue weighted by Crippen LogP contribution is -2.60. The van der Waals surface area contributed by atoms with Gasteiger partial charge in [0, 0.05) is 19.3 Å². The number of likely N-dealkylation sites (tertiary alicyclic amines) is 1. The van der Waals surface area contributed by atoms with Crippen molar-refractivity contribution in [3.63, 3.8) is 0 Å². The van der Waals surface area contributed by atoms with Gasteiger partial charge in [0.2, 0.25) is 5.91 Å². The van der Waals surface area contributed by atoms with Crippen molar-refractivity contribution in [2.45, 2.75) is 74.2 Å². The van der Waals surface area contributed by atoms with Crippen LogP contribution in [0.3, 0.4) is 0 Å². The highest BCUT2D eigenvalue weighted by atomic mass is 32.2. The van der Waals surface area contributed by atoms with Crippen LogP contribution >= 0.6 is 0 Å². The number of nitrogens with one attached hydrogen (secondary N) is 2. The van der Waals surface area contributed by atoms with Crippen LogP contribution in [0.5, 0.6) is 11.5 Å². The van der Waals surface area contributed by atoms with Crippen molar-refractivity contribution >= 4 is 27.7 Å². The molecule has 5 N–H and O–H groups in total. The van der Waals surface area contributed by atoms with Crippen molar-refractivity contribution in [3.05, 3.63) is 48.8 Å². The van der Waals surface area contributed by atoms with Gasteiger partial charge in [-0.1, -0.05) is 0 Å². The monoisotopic (exact) mass is 605 g/mol. The quantitative estimate of drug-likeness (QED) is 0.168. The highest BCUT2D eigenvalue weighted by molar-refractivity contribution is 7.93. The number of piperidine rings is 1. The van der Waals surface area contributed by atoms with Gasteiger partial charge in [-0.3, -0.25) is 19.8 Å². The second-order valence-electron chi connectivity index (χ2n) is 11.0. The van der Waals surface area contributed by atoms with Gasteiger partial charge in [-0.25, -0.2) is 18.7 Å². The molecule has 1 saturated heterocycles. The number of carbonyl (C=O) groups is 3. The van der Waals surface area contributed by atoms with Gasteiger partial charge in [0.25, 0.3) is 5.91 Å². The lowest BCUT2D eigenvalue weighted by atomic mass is 9.94. The number of benzene rings is 1. The third-order valence-corrected chi connectivity index (χ3v) is 9.37. The average Bonchev–Trinajstić information content (AvgIpc) is 2.95. The zero-order valence-corrected chi connectivity index (χ0v) is 24.9. The minimum absolute atomic E-state index is 0.100. The Balaban J connectivity index is 1.78. The minimum atomic E-state index is -4.33. The van der Waals surface area contributed by atoms with E-state index in [2.05, 4.69) is 10.3 Å². The molecule has 1 aromatic heterocycles. The third kappa shape index (κ3) is 7.95. The summed E-state index contributed by atoms with van der Waals surface area (Å²) in [7, 11) is -4.33. The van der Waals surface area contributed by atoms with Crippen molar-refractivity contribution in [1.82, 2.24) is 20.7 Å². The van der Waals surface area contributed by atoms with Crippen molar-refractivity contribution in [2.24, 2.45) is 5.73 Å². The summed E-state index contributed by atoms with van der Waals surface area (Å²) >= 11 is 0. The Morgan fingerprint density at radius 1 is 1.10 bits per heavy atom. The summed E-state index contributed by atoms with van der Waals surface area (Å²) in [5, 5.41) is 12.1. The molecule has 1 aliphatic rings. The van der Waals surface area contributed by atoms with Crippen molar-refractivity contribution in [1.29, 1.82) is 0 Å². The summed E-state index contributed by atoms with van der Waals surface area (Å²) in [4.78, 5) is 44.0. The molecule has 2 heterocycles. The Morgan fingerprint density at radius 3 is 2.31 bits per heavy atom. The maximum absolute atomic E-state index is 13.8. The molecule has 0 saturated carbocycles. The number of alkyl carbamates (subject to hydrolysis) is 1. The number of pyridine rings is 1. The Hall–Kier alpha value is -3.75. The van der Waals surface area contributed by atoms with E-state index in [1.54, 1.807) is 39.1 Å². The highest BCUT2D eigenvalue weighted by Gasteiger charge is 2.53. The smallest absolute Gasteiger partial charge is 0.408 e. The van der Waals surface area contributed by atoms with Crippen molar-refractivity contribution < 1.29 is 37.5 Å². The first-order chi connectivity index (χ1) is 19.8. The van der Waals surface area contributed by atoms with Gasteiger partial charge >= 0.3 is 6.09 Å². The number of amides is 3. The fourth-order valence-corrected chi connectivity index (χ4v) is 6.64. The van der Waals surface area contributed by atoms with Crippen LogP contribution in [-0.2, 0) is 24.2 Å². The van der Waals surface area contributed by atoms with E-state index in [1.807, 2.05) is 0 Å². The second-order valence-corrected chi connectivity index (χ2v) is 13.3. The molecule has 0 spiro atoms. The van der Waals surface area contributed by atoms with Crippen LogP contribution in [0.25, 0.3) is 0 Å². The lowest BCUT2D eigenvalue weighted by molar-refractivity contribution is -0.139. The van der Waals surface area contributed by atoms with E-state index in [9.17, 15) is 28.0 Å². The highest BCUT2D eigenvalue weighted by Crippen LogP contribution is 2.37. The Morgan fingerprint density at radius 2 is 1.76 bits per heavy atom. The maximum atomic E-state index is 13.8. The van der Waals surface area contributed by atoms with Crippen LogP contribution in [-0.4, -0.2) is 77.4 Å². The largest absolute Gasteiger partial charge is 0.456 e. The number of sulfone groups is 1. The molecule has 1 atom stereocenters. The first-order valence-electron chi connectivity index (χ1n) is 13.7. The summed E-state index contributed by atoms with van der Waals surface area (Å²) in [5.41, 5.74) is 6.33. The van der Waals surface area contributed by atoms with E-state index in [0.717, 1.165) is 0 Å². The molecule has 2 aromatic rings. The number of unbranched alkanes of at least 4 members (excludes halogenated alkanes) is 1. The predicted molar refractivity (Wildman–Crippen MR) is 152 cm³/mol. The van der Waals surface area contributed by atoms with Gasteiger partial charge in [-0.15, -0.1) is 0 Å². The molecule has 1 fully saturated rings. The number of hydrogen-bond donors (Lipinski definition) is 4. The standard InChI is InChI=1S/C28H39N5O8S/c1-27(2,3)41-26(36)31-23(8-4-5-15-29)24(34)33-17-13-28(14-18-33,25(35)32-37)42(38,39)22-11-9-20(10-12-22)40-21-7-6-16-30-19-21/h6-7,9-12,16,19,23,37H,4-5,8,13-15,17-18,29H2,1-3H3,(H,31,36)(H,32,35)/t23-/m0/s1. The average molecular weight is 606 g/mol. The van der Waals surface area contributed by atoms with E-state index < -0.39 is 44.1 Å². The Kier molecular flexibility index (Phi) is 10.9. The molecule has 3 amide bonds. The zero-order chi connectivity index (χ0) is 31.0. The number of carbonyl (C=O) groups excluding carboxylic acids is 3. The van der Waals surface area contributed by atoms with Crippen LogP contribution in [0.15, 0.2) is 53.7 Å². The van der Waals surface area contributed by atoms with E-state index in [4.69, 9.17) is 15.2 Å². The van der Waals surface area contributed by atoms with E-state index in [1.165, 1.54) is 40.8 Å². The van der Waals surface area contributed by atoms with Crippen LogP contribution in [0, 0.1) is 0 Å². The summed E-state index contributed by atoms with van der Waals surface area (Å²) in [6, 6.07) is 8.02. The summed E-state index contributed by atoms with van der Waals surface area (Å²) in [5.74, 6) is -0.688. The molecular weight excluding hydrogens is 566 g/mol. The van der Waals surface area contributed by atoms with Crippen molar-refractivity contribution in [3.8, 4) is 11.5 Å². The zero-order valence-electron chi connectivity index (χ0n) is 24.0. The summed E-state index contributed by atoms with van der Waals surface area (Å²) < 4.78 is 36.6. The first-order valence-corrected chi connectivity index (χ1v) is 15.2. The van der Waals surface area contributed by atoms with Gasteiger partial charge in [0.15, 0.2) is 14.6 Å². The lowest BCUT2D eigenvalue weighted by Gasteiger charge is -2.40. The number of nitrogens with zero attached hydrogens (tertiary/aromatic N) is 2. The molecule has 13 nitrogen and oxygen atoms in total. The molecule has 0 bridgehead atoms. The van der Waals surface area contributed by atoms with E-state index >= 15 is 0 Å². The van der Waals surface area contributed by atoms with E-state index in [0.29, 0.717) is 37.3 Å². The molecule has 1 aliphatic heterocycles. The maximum Gasteiger partial charge on any atom is 0.408 e. The van der Waals surface area contributed by atoms with Crippen LogP contribution in [0.2, 0.25) is 0 Å². The SMILES string of the molecule is CC(C)(C)OC(=O)N[C@@H](CCCCN)C(=O)N1CCC(C(=O)NO)(S(=O)(=O)c2ccc(Oc3cccnc3)cc2)CC1. The summed E-state index contributed by atoms with van der Waals surface area (Å²) in [6.45, 7) is 5.33. The van der Waals surface area contributed by atoms with Crippen molar-refractivity contribution in [2.75, 3.05) is 19.6 Å². The fourth-order valence-electron chi connectivity index (χ4n) is 4.68. The Labute approximate surface area is 245 Å². The second kappa shape index (κ2) is 13.9. The molecular formula is C28H39N5O8S. The molecule has 42 heavy (non-hydrogen) atoms. The number of rotatable bonds is 11. The van der Waals surface area contributed by atoms with Gasteiger partial charge in [-0.05, 0) is 95.8 Å². The number of ether oxygens (including phenoxy) is 2. The first kappa shape index (κ1) is 32.8. The Bertz CT molecular complexity index is 1320. The van der Waals surface area contributed by atoms with Crippen LogP contribution in [0.1, 0.15) is 52.9 Å². The molecule has 230 valence electrons. The number of hydrogen-bond acceptors (Lipinski definition) is 10. The third-order valence-electron chi connectivity index (χ3n) is 6.85. The number of aromatic nitrogens is 1. The van der Waals surface area contributed by atoms with Gasteiger partial charge < -0.3 is 25.4 Å². The molecule has 0 unspecified atom stereocenters. The molecule has 1 aromatic carbocycles. The van der Waals surface area contributed by atoms with Gasteiger partial charge in [0.05, 0.1) is 11.1 Å². The van der Waals surface area contributed by atoms with Gasteiger partial charge in [0.1, 0.15) is 23.1 Å². The normalized spacial score (nSPS) is 15.8. The summed E-state index contributed by atoms with van der Waals surface area (Å²) in [6.07, 6.45) is 3.32. The van der Waals surface area contributed by atoms with E-state index in [-0.39, 0.29) is 30.8 Å². The molecule has 3 rings (SSSR count). The van der Waals surface area contributed by atoms with Crippen LogP contribution in [0.4, 0.5) is 4.79 Å². The topological polar surface area (TPSA) is 190 Å². The molecule has 0 radical (unpaired) electrons. The number of hydroxylamine groups is 1. The molecule has 0 aliphatic carbocycles.